The van der Waals surface area contributed by atoms with Gasteiger partial charge in [0.15, 0.2) is 11.9 Å². The van der Waals surface area contributed by atoms with E-state index < -0.39 is 0 Å². The molecule has 0 fully saturated rings. The van der Waals surface area contributed by atoms with Gasteiger partial charge in [0, 0.05) is 36.2 Å². The minimum absolute atomic E-state index is 1.01. The van der Waals surface area contributed by atoms with Gasteiger partial charge in [0.2, 0.25) is 16.9 Å². The molecule has 3 heteroatoms. The summed E-state index contributed by atoms with van der Waals surface area (Å²) in [5.74, 6) is 0. The summed E-state index contributed by atoms with van der Waals surface area (Å²) in [6, 6.07) is 16.9. The standard InChI is InChI=1S/C24H25N3/c1-16-14-17(2)24(27-13-9-8-10-18(27)3)19(4)23(16)22-15-25-20-11-6-7-12-21(20)26(22)5/h6-15H,1-5H3/q+2. The van der Waals surface area contributed by atoms with Crippen LogP contribution in [0.3, 0.4) is 0 Å². The summed E-state index contributed by atoms with van der Waals surface area (Å²) in [4.78, 5) is 4.72. The van der Waals surface area contributed by atoms with Crippen LogP contribution in [0.15, 0.2) is 60.9 Å². The van der Waals surface area contributed by atoms with E-state index in [1.807, 2.05) is 12.3 Å². The van der Waals surface area contributed by atoms with E-state index in [1.165, 1.54) is 33.6 Å². The van der Waals surface area contributed by atoms with Gasteiger partial charge in [-0.2, -0.15) is 9.13 Å². The molecule has 0 N–H and O–H groups in total. The van der Waals surface area contributed by atoms with Gasteiger partial charge < -0.3 is 0 Å². The fourth-order valence-corrected chi connectivity index (χ4v) is 4.16. The van der Waals surface area contributed by atoms with Crippen LogP contribution in [-0.4, -0.2) is 4.98 Å². The number of aryl methyl sites for hydroxylation is 4. The van der Waals surface area contributed by atoms with Crippen molar-refractivity contribution in [1.29, 1.82) is 0 Å². The highest BCUT2D eigenvalue weighted by molar-refractivity contribution is 5.75. The van der Waals surface area contributed by atoms with Crippen molar-refractivity contribution < 1.29 is 9.13 Å². The molecule has 0 radical (unpaired) electrons. The summed E-state index contributed by atoms with van der Waals surface area (Å²) in [5, 5.41) is 0. The second kappa shape index (κ2) is 6.58. The Kier molecular flexibility index (Phi) is 4.23. The average Bonchev–Trinajstić information content (AvgIpc) is 2.65. The molecule has 0 saturated heterocycles. The van der Waals surface area contributed by atoms with Crippen LogP contribution in [0.4, 0.5) is 0 Å². The number of pyridine rings is 1. The third-order valence-electron chi connectivity index (χ3n) is 5.42. The highest BCUT2D eigenvalue weighted by Gasteiger charge is 2.26. The molecule has 134 valence electrons. The smallest absolute Gasteiger partial charge is 0.232 e. The zero-order valence-electron chi connectivity index (χ0n) is 16.6. The lowest BCUT2D eigenvalue weighted by atomic mass is 9.94. The first-order valence-corrected chi connectivity index (χ1v) is 9.31. The van der Waals surface area contributed by atoms with Crippen LogP contribution in [0.5, 0.6) is 0 Å². The SMILES string of the molecule is Cc1cc(C)c(-[n+]2ccccc2C)c(C)c1-c1cnc2ccccc2[n+]1C. The predicted molar refractivity (Wildman–Crippen MR) is 109 cm³/mol. The molecule has 0 bridgehead atoms. The summed E-state index contributed by atoms with van der Waals surface area (Å²) in [6.07, 6.45) is 4.14. The highest BCUT2D eigenvalue weighted by atomic mass is 15.0. The summed E-state index contributed by atoms with van der Waals surface area (Å²) < 4.78 is 4.53. The maximum atomic E-state index is 4.72. The Morgan fingerprint density at radius 3 is 2.37 bits per heavy atom. The average molecular weight is 355 g/mol. The molecule has 0 atom stereocenters. The van der Waals surface area contributed by atoms with Gasteiger partial charge in [-0.15, -0.1) is 0 Å². The molecular weight excluding hydrogens is 330 g/mol. The van der Waals surface area contributed by atoms with Crippen molar-refractivity contribution in [3.05, 3.63) is 83.3 Å². The highest BCUT2D eigenvalue weighted by Crippen LogP contribution is 2.30. The monoisotopic (exact) mass is 355 g/mol. The molecule has 3 nitrogen and oxygen atoms in total. The van der Waals surface area contributed by atoms with Crippen LogP contribution in [0, 0.1) is 27.7 Å². The van der Waals surface area contributed by atoms with E-state index in [0.717, 1.165) is 16.7 Å². The number of nitrogens with zero attached hydrogens (tertiary/aromatic N) is 3. The Hall–Kier alpha value is -3.07. The number of para-hydroxylation sites is 2. The fraction of sp³-hybridized carbons (Fsp3) is 0.208. The van der Waals surface area contributed by atoms with Crippen LogP contribution in [-0.2, 0) is 7.05 Å². The van der Waals surface area contributed by atoms with Gasteiger partial charge in [0.25, 0.3) is 0 Å². The predicted octanol–water partition coefficient (Wildman–Crippen LogP) is 4.24. The van der Waals surface area contributed by atoms with Crippen molar-refractivity contribution in [2.45, 2.75) is 27.7 Å². The number of benzene rings is 2. The fourth-order valence-electron chi connectivity index (χ4n) is 4.16. The molecule has 27 heavy (non-hydrogen) atoms. The Morgan fingerprint density at radius 2 is 1.59 bits per heavy atom. The third kappa shape index (κ3) is 2.80. The van der Waals surface area contributed by atoms with E-state index in [-0.39, 0.29) is 0 Å². The summed E-state index contributed by atoms with van der Waals surface area (Å²) in [5.41, 5.74) is 10.9. The molecule has 0 saturated carbocycles. The number of hydrogen-bond donors (Lipinski definition) is 0. The lowest BCUT2D eigenvalue weighted by Gasteiger charge is -2.13. The largest absolute Gasteiger partial charge is 0.243 e. The maximum absolute atomic E-state index is 4.72. The van der Waals surface area contributed by atoms with Crippen molar-refractivity contribution in [2.75, 3.05) is 0 Å². The molecule has 2 aromatic carbocycles. The molecule has 0 aliphatic heterocycles. The maximum Gasteiger partial charge on any atom is 0.232 e. The zero-order valence-corrected chi connectivity index (χ0v) is 16.6. The van der Waals surface area contributed by atoms with Crippen LogP contribution in [0.2, 0.25) is 0 Å². The second-order valence-corrected chi connectivity index (χ2v) is 7.26. The van der Waals surface area contributed by atoms with Crippen LogP contribution in [0.1, 0.15) is 22.4 Å². The molecular formula is C24H25N3+2. The lowest BCUT2D eigenvalue weighted by molar-refractivity contribution is -0.634. The van der Waals surface area contributed by atoms with Gasteiger partial charge in [-0.1, -0.05) is 18.2 Å². The van der Waals surface area contributed by atoms with Crippen molar-refractivity contribution in [2.24, 2.45) is 7.05 Å². The first-order valence-electron chi connectivity index (χ1n) is 9.31. The molecule has 0 aliphatic rings. The molecule has 4 aromatic rings. The van der Waals surface area contributed by atoms with Gasteiger partial charge in [0.05, 0.1) is 5.56 Å². The van der Waals surface area contributed by atoms with Crippen LogP contribution in [0.25, 0.3) is 28.0 Å². The number of aromatic nitrogens is 3. The summed E-state index contributed by atoms with van der Waals surface area (Å²) in [7, 11) is 2.12. The molecule has 0 amide bonds. The normalized spacial score (nSPS) is 11.1. The van der Waals surface area contributed by atoms with E-state index in [1.54, 1.807) is 0 Å². The van der Waals surface area contributed by atoms with Crippen molar-refractivity contribution in [3.63, 3.8) is 0 Å². The van der Waals surface area contributed by atoms with Gasteiger partial charge in [-0.3, -0.25) is 0 Å². The topological polar surface area (TPSA) is 20.6 Å². The molecule has 0 spiro atoms. The molecule has 2 aromatic heterocycles. The van der Waals surface area contributed by atoms with Crippen molar-refractivity contribution >= 4 is 11.0 Å². The minimum Gasteiger partial charge on any atom is -0.243 e. The van der Waals surface area contributed by atoms with E-state index in [0.29, 0.717) is 0 Å². The van der Waals surface area contributed by atoms with Gasteiger partial charge in [-0.05, 0) is 38.5 Å². The lowest BCUT2D eigenvalue weighted by Crippen LogP contribution is -2.37. The molecule has 0 aliphatic carbocycles. The van der Waals surface area contributed by atoms with E-state index in [2.05, 4.69) is 92.5 Å². The zero-order chi connectivity index (χ0) is 19.1. The van der Waals surface area contributed by atoms with E-state index in [9.17, 15) is 0 Å². The summed E-state index contributed by atoms with van der Waals surface area (Å²) >= 11 is 0. The summed E-state index contributed by atoms with van der Waals surface area (Å²) in [6.45, 7) is 8.75. The molecule has 0 unspecified atom stereocenters. The first-order chi connectivity index (χ1) is 13.0. The van der Waals surface area contributed by atoms with Crippen molar-refractivity contribution in [3.8, 4) is 16.9 Å². The number of rotatable bonds is 2. The van der Waals surface area contributed by atoms with E-state index in [4.69, 9.17) is 4.98 Å². The first kappa shape index (κ1) is 17.3. The Morgan fingerprint density at radius 1 is 0.852 bits per heavy atom. The quantitative estimate of drug-likeness (QED) is 0.493. The molecule has 4 rings (SSSR count). The number of fused-ring (bicyclic) bond motifs is 1. The van der Waals surface area contributed by atoms with Gasteiger partial charge in [-0.25, -0.2) is 4.98 Å². The number of hydrogen-bond acceptors (Lipinski definition) is 1. The Bertz CT molecular complexity index is 1180. The Labute approximate surface area is 160 Å². The van der Waals surface area contributed by atoms with Crippen LogP contribution < -0.4 is 9.13 Å². The van der Waals surface area contributed by atoms with E-state index >= 15 is 0 Å². The van der Waals surface area contributed by atoms with Gasteiger partial charge >= 0.3 is 0 Å². The minimum atomic E-state index is 1.01. The Balaban J connectivity index is 2.04. The molecule has 2 heterocycles. The second-order valence-electron chi connectivity index (χ2n) is 7.26. The third-order valence-corrected chi connectivity index (χ3v) is 5.42. The van der Waals surface area contributed by atoms with Crippen molar-refractivity contribution in [1.82, 2.24) is 4.98 Å². The van der Waals surface area contributed by atoms with Crippen LogP contribution >= 0.6 is 0 Å². The van der Waals surface area contributed by atoms with Gasteiger partial charge in [0.1, 0.15) is 18.8 Å².